The molecular formula is C20H22ClNO4. The Morgan fingerprint density at radius 1 is 1.19 bits per heavy atom. The topological polar surface area (TPSA) is 56.8 Å². The fraction of sp³-hybridized carbons (Fsp3) is 0.350. The Balaban J connectivity index is 1.50. The number of benzene rings is 2. The predicted octanol–water partition coefficient (Wildman–Crippen LogP) is 4.15. The molecule has 1 atom stereocenters. The van der Waals surface area contributed by atoms with E-state index in [1.54, 1.807) is 12.1 Å². The van der Waals surface area contributed by atoms with E-state index in [-0.39, 0.29) is 18.4 Å². The molecule has 2 aromatic carbocycles. The van der Waals surface area contributed by atoms with Gasteiger partial charge in [-0.1, -0.05) is 23.7 Å². The first kappa shape index (κ1) is 18.4. The Kier molecular flexibility index (Phi) is 6.23. The van der Waals surface area contributed by atoms with Gasteiger partial charge in [-0.15, -0.1) is 0 Å². The zero-order valence-corrected chi connectivity index (χ0v) is 15.4. The van der Waals surface area contributed by atoms with Crippen LogP contribution >= 0.6 is 11.6 Å². The fourth-order valence-corrected chi connectivity index (χ4v) is 2.84. The van der Waals surface area contributed by atoms with Gasteiger partial charge in [-0.2, -0.15) is 0 Å². The summed E-state index contributed by atoms with van der Waals surface area (Å²) in [4.78, 5) is 12.2. The SMILES string of the molecule is C[C@H](NC(=O)CCOc1cccc(Cl)c1)c1ccc2c(c1)OCCCO2. The minimum Gasteiger partial charge on any atom is -0.493 e. The van der Waals surface area contributed by atoms with Crippen LogP contribution in [0.3, 0.4) is 0 Å². The normalized spacial score (nSPS) is 14.2. The van der Waals surface area contributed by atoms with Crippen LogP contribution in [0.4, 0.5) is 0 Å². The number of hydrogen-bond acceptors (Lipinski definition) is 4. The molecule has 0 aromatic heterocycles. The maximum absolute atomic E-state index is 12.2. The van der Waals surface area contributed by atoms with E-state index in [1.807, 2.05) is 37.3 Å². The number of amides is 1. The number of halogens is 1. The van der Waals surface area contributed by atoms with Crippen LogP contribution < -0.4 is 19.5 Å². The van der Waals surface area contributed by atoms with Crippen LogP contribution in [0.5, 0.6) is 17.2 Å². The summed E-state index contributed by atoms with van der Waals surface area (Å²) in [6, 6.07) is 12.7. The maximum atomic E-state index is 12.2. The van der Waals surface area contributed by atoms with E-state index >= 15 is 0 Å². The molecule has 138 valence electrons. The maximum Gasteiger partial charge on any atom is 0.223 e. The van der Waals surface area contributed by atoms with Crippen molar-refractivity contribution in [1.29, 1.82) is 0 Å². The number of ether oxygens (including phenoxy) is 3. The van der Waals surface area contributed by atoms with Crippen molar-refractivity contribution < 1.29 is 19.0 Å². The molecule has 1 N–H and O–H groups in total. The lowest BCUT2D eigenvalue weighted by Gasteiger charge is -2.16. The summed E-state index contributed by atoms with van der Waals surface area (Å²) < 4.78 is 16.9. The van der Waals surface area contributed by atoms with Crippen molar-refractivity contribution in [3.63, 3.8) is 0 Å². The first-order valence-corrected chi connectivity index (χ1v) is 9.07. The molecule has 2 aromatic rings. The monoisotopic (exact) mass is 375 g/mol. The number of carbonyl (C=O) groups excluding carboxylic acids is 1. The quantitative estimate of drug-likeness (QED) is 0.824. The molecule has 0 radical (unpaired) electrons. The molecule has 0 aliphatic carbocycles. The number of carbonyl (C=O) groups is 1. The van der Waals surface area contributed by atoms with Gasteiger partial charge in [0.15, 0.2) is 11.5 Å². The summed E-state index contributed by atoms with van der Waals surface area (Å²) in [5, 5.41) is 3.58. The van der Waals surface area contributed by atoms with Crippen molar-refractivity contribution in [2.45, 2.75) is 25.8 Å². The zero-order chi connectivity index (χ0) is 18.4. The highest BCUT2D eigenvalue weighted by Gasteiger charge is 2.15. The van der Waals surface area contributed by atoms with E-state index in [2.05, 4.69) is 5.32 Å². The van der Waals surface area contributed by atoms with Crippen LogP contribution in [0.1, 0.15) is 31.4 Å². The lowest BCUT2D eigenvalue weighted by Crippen LogP contribution is -2.27. The molecule has 1 aliphatic heterocycles. The molecule has 0 saturated heterocycles. The average Bonchev–Trinajstić information content (AvgIpc) is 2.86. The fourth-order valence-electron chi connectivity index (χ4n) is 2.66. The first-order valence-electron chi connectivity index (χ1n) is 8.69. The molecule has 0 unspecified atom stereocenters. The minimum atomic E-state index is -0.133. The van der Waals surface area contributed by atoms with E-state index in [1.165, 1.54) is 0 Å². The van der Waals surface area contributed by atoms with Gasteiger partial charge in [0.05, 0.1) is 32.3 Å². The second-order valence-electron chi connectivity index (χ2n) is 6.10. The molecule has 0 bridgehead atoms. The molecule has 26 heavy (non-hydrogen) atoms. The van der Waals surface area contributed by atoms with E-state index in [9.17, 15) is 4.79 Å². The smallest absolute Gasteiger partial charge is 0.223 e. The van der Waals surface area contributed by atoms with Crippen LogP contribution in [0.2, 0.25) is 5.02 Å². The van der Waals surface area contributed by atoms with Gasteiger partial charge >= 0.3 is 0 Å². The average molecular weight is 376 g/mol. The van der Waals surface area contributed by atoms with Crippen LogP contribution in [0.25, 0.3) is 0 Å². The van der Waals surface area contributed by atoms with Gasteiger partial charge in [-0.05, 0) is 42.8 Å². The number of nitrogens with one attached hydrogen (secondary N) is 1. The lowest BCUT2D eigenvalue weighted by molar-refractivity contribution is -0.122. The molecule has 5 nitrogen and oxygen atoms in total. The summed E-state index contributed by atoms with van der Waals surface area (Å²) in [7, 11) is 0. The van der Waals surface area contributed by atoms with Gasteiger partial charge in [0, 0.05) is 11.4 Å². The van der Waals surface area contributed by atoms with Gasteiger partial charge in [0.1, 0.15) is 5.75 Å². The van der Waals surface area contributed by atoms with E-state index < -0.39 is 0 Å². The van der Waals surface area contributed by atoms with Crippen molar-refractivity contribution in [2.24, 2.45) is 0 Å². The Bertz CT molecular complexity index is 765. The molecular weight excluding hydrogens is 354 g/mol. The third kappa shape index (κ3) is 5.05. The Morgan fingerprint density at radius 2 is 2.00 bits per heavy atom. The summed E-state index contributed by atoms with van der Waals surface area (Å²) >= 11 is 5.91. The second kappa shape index (κ2) is 8.81. The van der Waals surface area contributed by atoms with E-state index in [0.29, 0.717) is 30.6 Å². The molecule has 6 heteroatoms. The van der Waals surface area contributed by atoms with Crippen molar-refractivity contribution in [3.05, 3.63) is 53.1 Å². The third-order valence-electron chi connectivity index (χ3n) is 4.04. The molecule has 3 rings (SSSR count). The van der Waals surface area contributed by atoms with Crippen LogP contribution in [0, 0.1) is 0 Å². The molecule has 1 heterocycles. The molecule has 0 saturated carbocycles. The Labute approximate surface area is 158 Å². The molecule has 1 amide bonds. The zero-order valence-electron chi connectivity index (χ0n) is 14.7. The predicted molar refractivity (Wildman–Crippen MR) is 100 cm³/mol. The van der Waals surface area contributed by atoms with Crippen molar-refractivity contribution in [1.82, 2.24) is 5.32 Å². The van der Waals surface area contributed by atoms with Gasteiger partial charge in [0.2, 0.25) is 5.91 Å². The first-order chi connectivity index (χ1) is 12.6. The van der Waals surface area contributed by atoms with Gasteiger partial charge in [0.25, 0.3) is 0 Å². The summed E-state index contributed by atoms with van der Waals surface area (Å²) in [5.74, 6) is 2.05. The minimum absolute atomic E-state index is 0.0772. The standard InChI is InChI=1S/C20H22ClNO4/c1-14(15-6-7-18-19(12-15)26-10-3-9-25-18)22-20(23)8-11-24-17-5-2-4-16(21)13-17/h2,4-7,12-14H,3,8-11H2,1H3,(H,22,23)/t14-/m0/s1. The summed E-state index contributed by atoms with van der Waals surface area (Å²) in [6.07, 6.45) is 1.13. The summed E-state index contributed by atoms with van der Waals surface area (Å²) in [6.45, 7) is 3.53. The van der Waals surface area contributed by atoms with Crippen molar-refractivity contribution >= 4 is 17.5 Å². The van der Waals surface area contributed by atoms with Crippen molar-refractivity contribution in [2.75, 3.05) is 19.8 Å². The molecule has 1 aliphatic rings. The Hall–Kier alpha value is -2.40. The molecule has 0 spiro atoms. The van der Waals surface area contributed by atoms with Gasteiger partial charge < -0.3 is 19.5 Å². The second-order valence-corrected chi connectivity index (χ2v) is 6.54. The van der Waals surface area contributed by atoms with E-state index in [4.69, 9.17) is 25.8 Å². The highest BCUT2D eigenvalue weighted by atomic mass is 35.5. The summed E-state index contributed by atoms with van der Waals surface area (Å²) in [5.41, 5.74) is 0.971. The third-order valence-corrected chi connectivity index (χ3v) is 4.28. The largest absolute Gasteiger partial charge is 0.493 e. The van der Waals surface area contributed by atoms with Crippen molar-refractivity contribution in [3.8, 4) is 17.2 Å². The number of rotatable bonds is 6. The lowest BCUT2D eigenvalue weighted by atomic mass is 10.1. The molecule has 0 fully saturated rings. The van der Waals surface area contributed by atoms with Crippen LogP contribution in [0.15, 0.2) is 42.5 Å². The highest BCUT2D eigenvalue weighted by Crippen LogP contribution is 2.32. The van der Waals surface area contributed by atoms with Gasteiger partial charge in [-0.3, -0.25) is 4.79 Å². The number of fused-ring (bicyclic) bond motifs is 1. The van der Waals surface area contributed by atoms with E-state index in [0.717, 1.165) is 23.5 Å². The van der Waals surface area contributed by atoms with Gasteiger partial charge in [-0.25, -0.2) is 0 Å². The van der Waals surface area contributed by atoms with Crippen LogP contribution in [-0.2, 0) is 4.79 Å². The Morgan fingerprint density at radius 3 is 2.81 bits per heavy atom. The number of hydrogen-bond donors (Lipinski definition) is 1. The highest BCUT2D eigenvalue weighted by molar-refractivity contribution is 6.30. The van der Waals surface area contributed by atoms with Crippen LogP contribution in [-0.4, -0.2) is 25.7 Å².